The molecule has 0 aliphatic heterocycles. The van der Waals surface area contributed by atoms with Crippen LogP contribution >= 0.6 is 0 Å². The van der Waals surface area contributed by atoms with E-state index in [1.165, 1.54) is 32.1 Å². The summed E-state index contributed by atoms with van der Waals surface area (Å²) in [4.78, 5) is 11.0. The van der Waals surface area contributed by atoms with E-state index < -0.39 is 0 Å². The number of rotatable bonds is 2. The van der Waals surface area contributed by atoms with Crippen molar-refractivity contribution in [3.05, 3.63) is 29.1 Å². The summed E-state index contributed by atoms with van der Waals surface area (Å²) >= 11 is 0. The highest BCUT2D eigenvalue weighted by Gasteiger charge is 2.56. The van der Waals surface area contributed by atoms with Gasteiger partial charge in [-0.2, -0.15) is 0 Å². The molecule has 24 heavy (non-hydrogen) atoms. The van der Waals surface area contributed by atoms with Gasteiger partial charge in [0.1, 0.15) is 5.94 Å². The highest BCUT2D eigenvalue weighted by Crippen LogP contribution is 2.64. The van der Waals surface area contributed by atoms with Gasteiger partial charge in [-0.1, -0.05) is 25.0 Å². The maximum absolute atomic E-state index is 11.0. The summed E-state index contributed by atoms with van der Waals surface area (Å²) in [6, 6.07) is 0. The molecule has 2 saturated carbocycles. The Kier molecular flexibility index (Phi) is 4.00. The predicted octanol–water partition coefficient (Wildman–Crippen LogP) is 5.09. The number of fused-ring (bicyclic) bond motifs is 4. The molecule has 0 amide bonds. The molecule has 0 aromatic rings. The van der Waals surface area contributed by atoms with Crippen LogP contribution in [0, 0.1) is 35.0 Å². The summed E-state index contributed by atoms with van der Waals surface area (Å²) in [5, 5.41) is 0. The highest BCUT2D eigenvalue weighted by molar-refractivity contribution is 5.46. The fourth-order valence-electron chi connectivity index (χ4n) is 6.85. The molecule has 4 rings (SSSR count). The molecule has 0 aromatic carbocycles. The number of methoxy groups -OCH3 is 1. The lowest BCUT2D eigenvalue weighted by molar-refractivity contribution is 0.0000844. The first-order valence-electron chi connectivity index (χ1n) is 9.73. The quantitative estimate of drug-likeness (QED) is 0.521. The van der Waals surface area contributed by atoms with Gasteiger partial charge in [-0.15, -0.1) is 0 Å². The van der Waals surface area contributed by atoms with Gasteiger partial charge in [0.15, 0.2) is 0 Å². The van der Waals surface area contributed by atoms with Gasteiger partial charge < -0.3 is 4.74 Å². The maximum atomic E-state index is 11.0. The van der Waals surface area contributed by atoms with Gasteiger partial charge in [-0.3, -0.25) is 0 Å². The zero-order valence-electron chi connectivity index (χ0n) is 15.3. The van der Waals surface area contributed by atoms with Gasteiger partial charge >= 0.3 is 0 Å². The van der Waals surface area contributed by atoms with E-state index in [4.69, 9.17) is 4.74 Å². The first-order chi connectivity index (χ1) is 11.6. The van der Waals surface area contributed by atoms with Crippen LogP contribution in [0.15, 0.2) is 29.1 Å². The molecule has 0 unspecified atom stereocenters. The molecule has 130 valence electrons. The maximum Gasteiger partial charge on any atom is 0.120 e. The summed E-state index contributed by atoms with van der Waals surface area (Å²) in [7, 11) is 1.80. The summed E-state index contributed by atoms with van der Waals surface area (Å²) in [5.74, 6) is 6.84. The lowest BCUT2D eigenvalue weighted by atomic mass is 9.51. The third kappa shape index (κ3) is 2.26. The Morgan fingerprint density at radius 3 is 2.92 bits per heavy atom. The summed E-state index contributed by atoms with van der Waals surface area (Å²) < 4.78 is 5.52. The van der Waals surface area contributed by atoms with Crippen LogP contribution in [0.4, 0.5) is 0 Å². The molecule has 0 heterocycles. The summed E-state index contributed by atoms with van der Waals surface area (Å²) in [5.41, 5.74) is 3.75. The number of carbonyl (C=O) groups excluding carboxylic acids is 1. The second kappa shape index (κ2) is 5.92. The third-order valence-corrected chi connectivity index (χ3v) is 8.00. The Hall–Kier alpha value is -1.27. The van der Waals surface area contributed by atoms with Crippen LogP contribution in [-0.2, 0) is 9.53 Å². The van der Waals surface area contributed by atoms with Crippen molar-refractivity contribution >= 4 is 5.94 Å². The van der Waals surface area contributed by atoms with Crippen LogP contribution in [0.3, 0.4) is 0 Å². The van der Waals surface area contributed by atoms with E-state index in [0.717, 1.165) is 42.3 Å². The van der Waals surface area contributed by atoms with Crippen molar-refractivity contribution < 1.29 is 9.53 Å². The van der Waals surface area contributed by atoms with Gasteiger partial charge in [0.2, 0.25) is 0 Å². The largest absolute Gasteiger partial charge is 0.501 e. The number of ether oxygens (including phenoxy) is 1. The van der Waals surface area contributed by atoms with Crippen molar-refractivity contribution in [1.29, 1.82) is 0 Å². The number of hydrogen-bond acceptors (Lipinski definition) is 2. The monoisotopic (exact) mass is 326 g/mol. The van der Waals surface area contributed by atoms with Gasteiger partial charge in [0, 0.05) is 12.5 Å². The molecule has 0 N–H and O–H groups in total. The standard InChI is InChI=1S/C22H30O2/c1-14-12-15-13-17(24-3)5-6-18(15)19-8-10-22(2)16(9-11-23)4-7-20(22)21(14)19/h5,9,14,16,19-21H,4,6-8,10,12-13H2,1-3H3/t14-,16+,19-,20+,21-,22-/m1/s1. The summed E-state index contributed by atoms with van der Waals surface area (Å²) in [6.07, 6.45) is 12.6. The van der Waals surface area contributed by atoms with E-state index in [1.807, 2.05) is 6.08 Å². The first-order valence-corrected chi connectivity index (χ1v) is 9.73. The van der Waals surface area contributed by atoms with E-state index in [1.54, 1.807) is 18.3 Å². The number of hydrogen-bond donors (Lipinski definition) is 0. The van der Waals surface area contributed by atoms with Crippen LogP contribution in [0.25, 0.3) is 0 Å². The van der Waals surface area contributed by atoms with Crippen LogP contribution < -0.4 is 0 Å². The van der Waals surface area contributed by atoms with Gasteiger partial charge in [0.05, 0.1) is 12.9 Å². The Bertz CT molecular complexity index is 636. The van der Waals surface area contributed by atoms with E-state index in [2.05, 4.69) is 25.9 Å². The molecule has 2 fully saturated rings. The Morgan fingerprint density at radius 2 is 2.17 bits per heavy atom. The SMILES string of the molecule is COC1=CCC2=C(C1)C[C@@H](C)[C@@H]1[C@@H]2CC[C@]2(C)[C@H](C=C=O)CC[C@@H]12. The molecule has 4 aliphatic rings. The van der Waals surface area contributed by atoms with E-state index in [9.17, 15) is 4.79 Å². The van der Waals surface area contributed by atoms with Crippen LogP contribution in [0.2, 0.25) is 0 Å². The van der Waals surface area contributed by atoms with Gasteiger partial charge in [0.25, 0.3) is 0 Å². The average molecular weight is 326 g/mol. The topological polar surface area (TPSA) is 26.3 Å². The Balaban J connectivity index is 1.65. The fraction of sp³-hybridized carbons (Fsp3) is 0.727. The zero-order valence-corrected chi connectivity index (χ0v) is 15.3. The van der Waals surface area contributed by atoms with E-state index in [0.29, 0.717) is 11.3 Å². The van der Waals surface area contributed by atoms with Gasteiger partial charge in [-0.25, -0.2) is 4.79 Å². The van der Waals surface area contributed by atoms with Crippen molar-refractivity contribution in [1.82, 2.24) is 0 Å². The summed E-state index contributed by atoms with van der Waals surface area (Å²) in [6.45, 7) is 4.93. The predicted molar refractivity (Wildman–Crippen MR) is 95.9 cm³/mol. The molecular formula is C22H30O2. The Morgan fingerprint density at radius 1 is 1.33 bits per heavy atom. The van der Waals surface area contributed by atoms with Crippen LogP contribution in [-0.4, -0.2) is 13.1 Å². The average Bonchev–Trinajstić information content (AvgIpc) is 2.91. The zero-order chi connectivity index (χ0) is 16.9. The van der Waals surface area contributed by atoms with Gasteiger partial charge in [-0.05, 0) is 79.6 Å². The molecule has 2 nitrogen and oxygen atoms in total. The second-order valence-corrected chi connectivity index (χ2v) is 8.87. The molecular weight excluding hydrogens is 296 g/mol. The normalized spacial score (nSPS) is 44.0. The minimum Gasteiger partial charge on any atom is -0.501 e. The molecule has 0 bridgehead atoms. The molecule has 0 aromatic heterocycles. The smallest absolute Gasteiger partial charge is 0.120 e. The third-order valence-electron chi connectivity index (χ3n) is 8.00. The lowest BCUT2D eigenvalue weighted by Gasteiger charge is -2.54. The lowest BCUT2D eigenvalue weighted by Crippen LogP contribution is -2.46. The van der Waals surface area contributed by atoms with Crippen LogP contribution in [0.5, 0.6) is 0 Å². The molecule has 0 spiro atoms. The van der Waals surface area contributed by atoms with Crippen molar-refractivity contribution in [3.8, 4) is 0 Å². The minimum atomic E-state index is 0.326. The fourth-order valence-corrected chi connectivity index (χ4v) is 6.85. The first kappa shape index (κ1) is 16.2. The van der Waals surface area contributed by atoms with Crippen molar-refractivity contribution in [2.24, 2.45) is 35.0 Å². The Labute approximate surface area is 146 Å². The minimum absolute atomic E-state index is 0.326. The van der Waals surface area contributed by atoms with E-state index >= 15 is 0 Å². The molecule has 2 heteroatoms. The van der Waals surface area contributed by atoms with Crippen molar-refractivity contribution in [3.63, 3.8) is 0 Å². The van der Waals surface area contributed by atoms with Crippen molar-refractivity contribution in [2.75, 3.05) is 7.11 Å². The molecule has 0 radical (unpaired) electrons. The molecule has 4 aliphatic carbocycles. The van der Waals surface area contributed by atoms with Crippen molar-refractivity contribution in [2.45, 2.75) is 58.8 Å². The molecule has 6 atom stereocenters. The van der Waals surface area contributed by atoms with Crippen LogP contribution in [0.1, 0.15) is 58.8 Å². The highest BCUT2D eigenvalue weighted by atomic mass is 16.5. The molecule has 0 saturated heterocycles. The second-order valence-electron chi connectivity index (χ2n) is 8.87. The number of allylic oxidation sites excluding steroid dienone is 4. The van der Waals surface area contributed by atoms with E-state index in [-0.39, 0.29) is 0 Å².